The van der Waals surface area contributed by atoms with Crippen molar-refractivity contribution < 1.29 is 9.18 Å². The predicted molar refractivity (Wildman–Crippen MR) is 86.7 cm³/mol. The highest BCUT2D eigenvalue weighted by Gasteiger charge is 2.10. The number of halogens is 1. The lowest BCUT2D eigenvalue weighted by Gasteiger charge is -2.06. The van der Waals surface area contributed by atoms with Crippen LogP contribution in [0.3, 0.4) is 0 Å². The summed E-state index contributed by atoms with van der Waals surface area (Å²) in [6.45, 7) is 2.87. The molecule has 0 saturated carbocycles. The zero-order valence-electron chi connectivity index (χ0n) is 12.1. The van der Waals surface area contributed by atoms with Crippen LogP contribution in [-0.4, -0.2) is 10.6 Å². The molecule has 2 aromatic carbocycles. The Morgan fingerprint density at radius 1 is 1.09 bits per heavy atom. The number of nitrogens with zero attached hydrogens (tertiary/aromatic N) is 1. The van der Waals surface area contributed by atoms with Crippen molar-refractivity contribution in [1.29, 1.82) is 0 Å². The van der Waals surface area contributed by atoms with Crippen LogP contribution < -0.4 is 10.6 Å². The summed E-state index contributed by atoms with van der Waals surface area (Å²) in [6, 6.07) is 13.2. The van der Waals surface area contributed by atoms with Crippen LogP contribution in [0.4, 0.5) is 20.6 Å². The van der Waals surface area contributed by atoms with Gasteiger partial charge >= 0.3 is 6.03 Å². The second kappa shape index (κ2) is 5.89. The summed E-state index contributed by atoms with van der Waals surface area (Å²) >= 11 is 0. The maximum Gasteiger partial charge on any atom is 0.323 e. The fourth-order valence-corrected chi connectivity index (χ4v) is 2.43. The zero-order valence-corrected chi connectivity index (χ0v) is 12.1. The summed E-state index contributed by atoms with van der Waals surface area (Å²) < 4.78 is 14.9. The Kier molecular flexibility index (Phi) is 3.78. The van der Waals surface area contributed by atoms with Crippen LogP contribution in [0.2, 0.25) is 0 Å². The molecule has 0 aliphatic carbocycles. The lowest BCUT2D eigenvalue weighted by Crippen LogP contribution is -2.19. The van der Waals surface area contributed by atoms with Crippen molar-refractivity contribution >= 4 is 28.3 Å². The number of fused-ring (bicyclic) bond motifs is 1. The highest BCUT2D eigenvalue weighted by Crippen LogP contribution is 2.26. The average molecular weight is 297 g/mol. The van der Waals surface area contributed by atoms with E-state index in [2.05, 4.69) is 22.1 Å². The molecular formula is C17H16FN3O. The van der Waals surface area contributed by atoms with Crippen LogP contribution in [0.15, 0.2) is 54.7 Å². The van der Waals surface area contributed by atoms with Crippen molar-refractivity contribution in [2.75, 3.05) is 10.6 Å². The molecule has 4 nitrogen and oxygen atoms in total. The number of hydrogen-bond acceptors (Lipinski definition) is 1. The van der Waals surface area contributed by atoms with E-state index in [-0.39, 0.29) is 11.8 Å². The van der Waals surface area contributed by atoms with Crippen LogP contribution in [0, 0.1) is 5.82 Å². The molecule has 2 N–H and O–H groups in total. The van der Waals surface area contributed by atoms with Crippen LogP contribution in [0.1, 0.15) is 6.92 Å². The normalized spacial score (nSPS) is 10.6. The third-order valence-corrected chi connectivity index (χ3v) is 3.48. The predicted octanol–water partition coefficient (Wildman–Crippen LogP) is 4.44. The topological polar surface area (TPSA) is 46.1 Å². The van der Waals surface area contributed by atoms with Gasteiger partial charge in [0.15, 0.2) is 0 Å². The lowest BCUT2D eigenvalue weighted by atomic mass is 10.2. The SMILES string of the molecule is CCn1cc(NC(=O)Nc2ccc(F)cc2)c2ccccc21. The Labute approximate surface area is 127 Å². The van der Waals surface area contributed by atoms with Gasteiger partial charge in [-0.05, 0) is 37.3 Å². The van der Waals surface area contributed by atoms with Crippen molar-refractivity contribution in [3.05, 3.63) is 60.5 Å². The van der Waals surface area contributed by atoms with Gasteiger partial charge in [-0.2, -0.15) is 0 Å². The molecule has 5 heteroatoms. The van der Waals surface area contributed by atoms with Gasteiger partial charge in [0.2, 0.25) is 0 Å². The van der Waals surface area contributed by atoms with Gasteiger partial charge in [-0.1, -0.05) is 18.2 Å². The first-order valence-corrected chi connectivity index (χ1v) is 7.09. The number of urea groups is 1. The third kappa shape index (κ3) is 2.79. The van der Waals surface area contributed by atoms with Gasteiger partial charge in [-0.3, -0.25) is 0 Å². The summed E-state index contributed by atoms with van der Waals surface area (Å²) in [5, 5.41) is 6.51. The van der Waals surface area contributed by atoms with E-state index in [1.807, 2.05) is 30.5 Å². The Bertz CT molecular complexity index is 808. The van der Waals surface area contributed by atoms with E-state index < -0.39 is 0 Å². The number of rotatable bonds is 3. The minimum Gasteiger partial charge on any atom is -0.346 e. The molecule has 0 aliphatic rings. The number of carbonyl (C=O) groups is 1. The van der Waals surface area contributed by atoms with Crippen LogP contribution >= 0.6 is 0 Å². The molecule has 0 fully saturated rings. The first-order chi connectivity index (χ1) is 10.7. The van der Waals surface area contributed by atoms with Crippen LogP contribution in [-0.2, 0) is 6.54 Å². The highest BCUT2D eigenvalue weighted by atomic mass is 19.1. The van der Waals surface area contributed by atoms with Gasteiger partial charge < -0.3 is 15.2 Å². The number of amides is 2. The molecule has 3 aromatic rings. The maximum atomic E-state index is 12.9. The van der Waals surface area contributed by atoms with Crippen molar-refractivity contribution in [3.63, 3.8) is 0 Å². The molecule has 0 aliphatic heterocycles. The molecule has 0 unspecified atom stereocenters. The molecule has 2 amide bonds. The molecule has 0 bridgehead atoms. The second-order valence-electron chi connectivity index (χ2n) is 4.93. The van der Waals surface area contributed by atoms with E-state index in [1.54, 1.807) is 0 Å². The average Bonchev–Trinajstić information content (AvgIpc) is 2.88. The summed E-state index contributed by atoms with van der Waals surface area (Å²) in [5.41, 5.74) is 2.36. The van der Waals surface area contributed by atoms with Crippen LogP contribution in [0.25, 0.3) is 10.9 Å². The molecular weight excluding hydrogens is 281 g/mol. The maximum absolute atomic E-state index is 12.9. The largest absolute Gasteiger partial charge is 0.346 e. The molecule has 0 atom stereocenters. The van der Waals surface area contributed by atoms with Crippen LogP contribution in [0.5, 0.6) is 0 Å². The Balaban J connectivity index is 1.80. The van der Waals surface area contributed by atoms with Gasteiger partial charge in [0.05, 0.1) is 11.2 Å². The van der Waals surface area contributed by atoms with Crippen molar-refractivity contribution in [2.45, 2.75) is 13.5 Å². The van der Waals surface area contributed by atoms with Gasteiger partial charge in [0, 0.05) is 23.8 Å². The van der Waals surface area contributed by atoms with Gasteiger partial charge in [-0.15, -0.1) is 0 Å². The summed E-state index contributed by atoms with van der Waals surface area (Å²) in [4.78, 5) is 12.1. The lowest BCUT2D eigenvalue weighted by molar-refractivity contribution is 0.262. The Morgan fingerprint density at radius 2 is 1.82 bits per heavy atom. The quantitative estimate of drug-likeness (QED) is 0.737. The number of hydrogen-bond donors (Lipinski definition) is 2. The van der Waals surface area contributed by atoms with E-state index in [9.17, 15) is 9.18 Å². The van der Waals surface area contributed by atoms with E-state index in [0.29, 0.717) is 5.69 Å². The number of benzene rings is 2. The number of nitrogens with one attached hydrogen (secondary N) is 2. The Morgan fingerprint density at radius 3 is 2.55 bits per heavy atom. The molecule has 0 spiro atoms. The first-order valence-electron chi connectivity index (χ1n) is 7.09. The fourth-order valence-electron chi connectivity index (χ4n) is 2.43. The molecule has 112 valence electrons. The summed E-state index contributed by atoms with van der Waals surface area (Å²) in [7, 11) is 0. The van der Waals surface area contributed by atoms with Crippen molar-refractivity contribution in [2.24, 2.45) is 0 Å². The summed E-state index contributed by atoms with van der Waals surface area (Å²) in [5.74, 6) is -0.336. The molecule has 0 saturated heterocycles. The first kappa shape index (κ1) is 14.1. The fraction of sp³-hybridized carbons (Fsp3) is 0.118. The number of aryl methyl sites for hydroxylation is 1. The van der Waals surface area contributed by atoms with Crippen molar-refractivity contribution in [1.82, 2.24) is 4.57 Å². The Hall–Kier alpha value is -2.82. The standard InChI is InChI=1S/C17H16FN3O/c1-2-21-11-15(14-5-3-4-6-16(14)21)20-17(22)19-13-9-7-12(18)8-10-13/h3-11H,2H2,1H3,(H2,19,20,22). The number of para-hydroxylation sites is 1. The van der Waals surface area contributed by atoms with E-state index >= 15 is 0 Å². The van der Waals surface area contributed by atoms with Gasteiger partial charge in [-0.25, -0.2) is 9.18 Å². The highest BCUT2D eigenvalue weighted by molar-refractivity contribution is 6.06. The monoisotopic (exact) mass is 297 g/mol. The molecule has 22 heavy (non-hydrogen) atoms. The smallest absolute Gasteiger partial charge is 0.323 e. The van der Waals surface area contributed by atoms with E-state index in [1.165, 1.54) is 24.3 Å². The third-order valence-electron chi connectivity index (χ3n) is 3.48. The second-order valence-corrected chi connectivity index (χ2v) is 4.93. The summed E-state index contributed by atoms with van der Waals surface area (Å²) in [6.07, 6.45) is 1.91. The van der Waals surface area contributed by atoms with Crippen molar-refractivity contribution in [3.8, 4) is 0 Å². The van der Waals surface area contributed by atoms with Gasteiger partial charge in [0.1, 0.15) is 5.82 Å². The molecule has 3 rings (SSSR count). The van der Waals surface area contributed by atoms with Gasteiger partial charge in [0.25, 0.3) is 0 Å². The molecule has 1 heterocycles. The minimum atomic E-state index is -0.356. The van der Waals surface area contributed by atoms with E-state index in [0.717, 1.165) is 23.1 Å². The number of anilines is 2. The zero-order chi connectivity index (χ0) is 15.5. The van der Waals surface area contributed by atoms with E-state index in [4.69, 9.17) is 0 Å². The minimum absolute atomic E-state index is 0.336. The molecule has 0 radical (unpaired) electrons. The molecule has 1 aromatic heterocycles. The number of aromatic nitrogens is 1. The number of carbonyl (C=O) groups excluding carboxylic acids is 1.